The van der Waals surface area contributed by atoms with Crippen molar-refractivity contribution in [2.24, 2.45) is 5.14 Å². The highest BCUT2D eigenvalue weighted by Gasteiger charge is 2.12. The van der Waals surface area contributed by atoms with Gasteiger partial charge in [0.15, 0.2) is 0 Å². The van der Waals surface area contributed by atoms with E-state index >= 15 is 0 Å². The zero-order valence-electron chi connectivity index (χ0n) is 8.02. The van der Waals surface area contributed by atoms with E-state index in [2.05, 4.69) is 5.43 Å². The first kappa shape index (κ1) is 11.2. The maximum atomic E-state index is 10.8. The quantitative estimate of drug-likeness (QED) is 0.666. The third kappa shape index (κ3) is 3.11. The van der Waals surface area contributed by atoms with Crippen molar-refractivity contribution in [3.05, 3.63) is 17.9 Å². The fraction of sp³-hybridized carbons (Fsp3) is 0.429. The molecule has 0 fully saturated rings. The molecule has 0 aliphatic carbocycles. The molecular formula is C7H13N3O3S. The second-order valence-electron chi connectivity index (χ2n) is 3.00. The van der Waals surface area contributed by atoms with Crippen molar-refractivity contribution < 1.29 is 12.8 Å². The van der Waals surface area contributed by atoms with E-state index < -0.39 is 10.0 Å². The van der Waals surface area contributed by atoms with Crippen LogP contribution in [0.15, 0.2) is 21.6 Å². The van der Waals surface area contributed by atoms with Crippen LogP contribution in [-0.2, 0) is 16.6 Å². The third-order valence-corrected chi connectivity index (χ3v) is 2.27. The number of primary sulfonamides is 1. The Bertz CT molecular complexity index is 396. The molecule has 0 saturated carbocycles. The maximum absolute atomic E-state index is 10.8. The van der Waals surface area contributed by atoms with Gasteiger partial charge in [-0.2, -0.15) is 0 Å². The van der Waals surface area contributed by atoms with Crippen molar-refractivity contribution in [3.8, 4) is 0 Å². The van der Waals surface area contributed by atoms with Gasteiger partial charge in [0.25, 0.3) is 10.0 Å². The molecule has 0 amide bonds. The monoisotopic (exact) mass is 219 g/mol. The van der Waals surface area contributed by atoms with Gasteiger partial charge in [-0.3, -0.25) is 5.01 Å². The summed E-state index contributed by atoms with van der Waals surface area (Å²) in [5.74, 6) is 0.516. The number of hydrogen-bond acceptors (Lipinski definition) is 5. The Morgan fingerprint density at radius 3 is 2.57 bits per heavy atom. The van der Waals surface area contributed by atoms with E-state index in [0.717, 1.165) is 0 Å². The van der Waals surface area contributed by atoms with Gasteiger partial charge in [-0.1, -0.05) is 0 Å². The van der Waals surface area contributed by atoms with Crippen LogP contribution in [0.1, 0.15) is 5.76 Å². The molecule has 1 rings (SSSR count). The van der Waals surface area contributed by atoms with Gasteiger partial charge in [-0.05, 0) is 12.1 Å². The topological polar surface area (TPSA) is 88.6 Å². The van der Waals surface area contributed by atoms with Crippen LogP contribution in [0.2, 0.25) is 0 Å². The van der Waals surface area contributed by atoms with Crippen molar-refractivity contribution in [2.45, 2.75) is 11.6 Å². The molecule has 3 N–H and O–H groups in total. The number of hydrazine groups is 1. The highest BCUT2D eigenvalue weighted by atomic mass is 32.2. The Morgan fingerprint density at radius 1 is 1.50 bits per heavy atom. The van der Waals surface area contributed by atoms with Gasteiger partial charge in [-0.15, -0.1) is 0 Å². The Labute approximate surface area is 82.7 Å². The summed E-state index contributed by atoms with van der Waals surface area (Å²) in [7, 11) is -0.0827. The average molecular weight is 219 g/mol. The Hall–Kier alpha value is -0.890. The van der Waals surface area contributed by atoms with Crippen LogP contribution in [0.4, 0.5) is 0 Å². The SMILES string of the molecule is CN(C)NCc1ccc(S(N)(=O)=O)o1. The Balaban J connectivity index is 2.70. The number of nitrogens with one attached hydrogen (secondary N) is 1. The summed E-state index contributed by atoms with van der Waals surface area (Å²) in [6.07, 6.45) is 0. The minimum atomic E-state index is -3.73. The maximum Gasteiger partial charge on any atom is 0.271 e. The van der Waals surface area contributed by atoms with Gasteiger partial charge < -0.3 is 4.42 Å². The van der Waals surface area contributed by atoms with E-state index in [1.165, 1.54) is 6.07 Å². The molecule has 0 bridgehead atoms. The lowest BCUT2D eigenvalue weighted by Gasteiger charge is -2.09. The highest BCUT2D eigenvalue weighted by molar-refractivity contribution is 7.89. The fourth-order valence-corrected chi connectivity index (χ4v) is 1.32. The lowest BCUT2D eigenvalue weighted by molar-refractivity contribution is 0.265. The predicted octanol–water partition coefficient (Wildman–Crippen LogP) is -0.507. The fourth-order valence-electron chi connectivity index (χ4n) is 0.842. The minimum absolute atomic E-state index is 0.215. The first-order valence-corrected chi connectivity index (χ1v) is 5.46. The molecule has 0 aliphatic rings. The molecule has 0 aliphatic heterocycles. The van der Waals surface area contributed by atoms with Gasteiger partial charge in [0.1, 0.15) is 5.76 Å². The van der Waals surface area contributed by atoms with E-state index in [0.29, 0.717) is 12.3 Å². The van der Waals surface area contributed by atoms with Crippen molar-refractivity contribution >= 4 is 10.0 Å². The summed E-state index contributed by atoms with van der Waals surface area (Å²) in [4.78, 5) is 0. The molecule has 7 heteroatoms. The molecule has 6 nitrogen and oxygen atoms in total. The van der Waals surface area contributed by atoms with Crippen LogP contribution in [0.25, 0.3) is 0 Å². The van der Waals surface area contributed by atoms with Crippen molar-refractivity contribution in [1.29, 1.82) is 0 Å². The van der Waals surface area contributed by atoms with Crippen LogP contribution in [0.5, 0.6) is 0 Å². The van der Waals surface area contributed by atoms with Gasteiger partial charge in [0.05, 0.1) is 6.54 Å². The number of rotatable bonds is 4. The van der Waals surface area contributed by atoms with Crippen LogP contribution in [0, 0.1) is 0 Å². The molecule has 0 unspecified atom stereocenters. The summed E-state index contributed by atoms with van der Waals surface area (Å²) >= 11 is 0. The van der Waals surface area contributed by atoms with Crippen molar-refractivity contribution in [2.75, 3.05) is 14.1 Å². The van der Waals surface area contributed by atoms with Gasteiger partial charge >= 0.3 is 0 Å². The van der Waals surface area contributed by atoms with Gasteiger partial charge in [0, 0.05) is 14.1 Å². The number of sulfonamides is 1. The summed E-state index contributed by atoms with van der Waals surface area (Å²) in [5, 5.41) is 6.39. The van der Waals surface area contributed by atoms with Crippen LogP contribution in [0.3, 0.4) is 0 Å². The van der Waals surface area contributed by atoms with Crippen LogP contribution in [-0.4, -0.2) is 27.5 Å². The minimum Gasteiger partial charge on any atom is -0.447 e. The normalized spacial score (nSPS) is 12.3. The molecule has 80 valence electrons. The smallest absolute Gasteiger partial charge is 0.271 e. The second-order valence-corrected chi connectivity index (χ2v) is 4.49. The summed E-state index contributed by atoms with van der Waals surface area (Å²) in [6.45, 7) is 0.419. The molecule has 0 aromatic carbocycles. The van der Waals surface area contributed by atoms with Crippen LogP contribution >= 0.6 is 0 Å². The molecular weight excluding hydrogens is 206 g/mol. The molecule has 1 aromatic heterocycles. The molecule has 0 spiro atoms. The van der Waals surface area contributed by atoms with E-state index in [1.54, 1.807) is 11.1 Å². The molecule has 1 heterocycles. The third-order valence-electron chi connectivity index (χ3n) is 1.49. The van der Waals surface area contributed by atoms with E-state index in [4.69, 9.17) is 9.56 Å². The zero-order chi connectivity index (χ0) is 10.8. The molecule has 14 heavy (non-hydrogen) atoms. The molecule has 1 aromatic rings. The summed E-state index contributed by atoms with van der Waals surface area (Å²) in [6, 6.07) is 2.90. The number of nitrogens with zero attached hydrogens (tertiary/aromatic N) is 1. The Kier molecular flexibility index (Phi) is 3.27. The van der Waals surface area contributed by atoms with E-state index in [9.17, 15) is 8.42 Å². The largest absolute Gasteiger partial charge is 0.447 e. The highest BCUT2D eigenvalue weighted by Crippen LogP contribution is 2.11. The lowest BCUT2D eigenvalue weighted by atomic mass is 10.5. The predicted molar refractivity (Wildman–Crippen MR) is 50.6 cm³/mol. The summed E-state index contributed by atoms with van der Waals surface area (Å²) < 4.78 is 26.7. The van der Waals surface area contributed by atoms with Crippen molar-refractivity contribution in [1.82, 2.24) is 10.4 Å². The number of furan rings is 1. The lowest BCUT2D eigenvalue weighted by Crippen LogP contribution is -2.29. The first-order chi connectivity index (χ1) is 6.39. The van der Waals surface area contributed by atoms with E-state index in [-0.39, 0.29) is 5.09 Å². The van der Waals surface area contributed by atoms with Gasteiger partial charge in [-0.25, -0.2) is 19.0 Å². The summed E-state index contributed by atoms with van der Waals surface area (Å²) in [5.41, 5.74) is 2.93. The van der Waals surface area contributed by atoms with Crippen molar-refractivity contribution in [3.63, 3.8) is 0 Å². The number of hydrogen-bond donors (Lipinski definition) is 2. The zero-order valence-corrected chi connectivity index (χ0v) is 8.84. The molecule has 0 atom stereocenters. The van der Waals surface area contributed by atoms with Crippen LogP contribution < -0.4 is 10.6 Å². The molecule has 0 saturated heterocycles. The average Bonchev–Trinajstić information content (AvgIpc) is 2.47. The first-order valence-electron chi connectivity index (χ1n) is 3.92. The number of nitrogens with two attached hydrogens (primary N) is 1. The van der Waals surface area contributed by atoms with Gasteiger partial charge in [0.2, 0.25) is 5.09 Å². The standard InChI is InChI=1S/C7H13N3O3S/c1-10(2)9-5-6-3-4-7(13-6)14(8,11)12/h3-4,9H,5H2,1-2H3,(H2,8,11,12). The van der Waals surface area contributed by atoms with E-state index in [1.807, 2.05) is 14.1 Å². The molecule has 0 radical (unpaired) electrons. The Morgan fingerprint density at radius 2 is 2.14 bits per heavy atom. The second kappa shape index (κ2) is 4.09.